The first-order chi connectivity index (χ1) is 13.3. The number of hydrogen-bond acceptors (Lipinski definition) is 3. The van der Waals surface area contributed by atoms with Crippen LogP contribution in [0.5, 0.6) is 0 Å². The SMILES string of the molecule is Fc1ccccc1-c1csc(=Nc2cccnc2)n1CCc1ccccc1. The zero-order valence-electron chi connectivity index (χ0n) is 14.6. The van der Waals surface area contributed by atoms with Crippen LogP contribution in [0, 0.1) is 5.82 Å². The molecule has 2 heterocycles. The summed E-state index contributed by atoms with van der Waals surface area (Å²) in [6.45, 7) is 0.719. The summed E-state index contributed by atoms with van der Waals surface area (Å²) in [6, 6.07) is 20.9. The third-order valence-electron chi connectivity index (χ3n) is 4.29. The highest BCUT2D eigenvalue weighted by Crippen LogP contribution is 2.24. The lowest BCUT2D eigenvalue weighted by Gasteiger charge is -2.10. The Kier molecular flexibility index (Phi) is 5.21. The molecule has 2 aromatic heterocycles. The number of nitrogens with zero attached hydrogens (tertiary/aromatic N) is 3. The van der Waals surface area contributed by atoms with Gasteiger partial charge in [-0.3, -0.25) is 4.98 Å². The number of aromatic nitrogens is 2. The van der Waals surface area contributed by atoms with Crippen molar-refractivity contribution in [2.75, 3.05) is 0 Å². The fourth-order valence-electron chi connectivity index (χ4n) is 2.94. The Bertz CT molecular complexity index is 1090. The molecule has 0 aliphatic heterocycles. The van der Waals surface area contributed by atoms with E-state index in [1.165, 1.54) is 23.0 Å². The maximum absolute atomic E-state index is 14.4. The lowest BCUT2D eigenvalue weighted by Crippen LogP contribution is -2.17. The van der Waals surface area contributed by atoms with Gasteiger partial charge in [-0.15, -0.1) is 11.3 Å². The molecule has 0 radical (unpaired) electrons. The molecule has 0 saturated heterocycles. The fourth-order valence-corrected chi connectivity index (χ4v) is 3.88. The number of halogens is 1. The predicted octanol–water partition coefficient (Wildman–Crippen LogP) is 5.23. The second kappa shape index (κ2) is 8.10. The van der Waals surface area contributed by atoms with E-state index in [1.54, 1.807) is 18.5 Å². The third-order valence-corrected chi connectivity index (χ3v) is 5.15. The zero-order valence-corrected chi connectivity index (χ0v) is 15.4. The van der Waals surface area contributed by atoms with Gasteiger partial charge in [-0.2, -0.15) is 0 Å². The van der Waals surface area contributed by atoms with Crippen molar-refractivity contribution in [1.82, 2.24) is 9.55 Å². The monoisotopic (exact) mass is 375 g/mol. The molecule has 27 heavy (non-hydrogen) atoms. The predicted molar refractivity (Wildman–Crippen MR) is 107 cm³/mol. The molecule has 0 atom stereocenters. The molecule has 0 fully saturated rings. The summed E-state index contributed by atoms with van der Waals surface area (Å²) in [7, 11) is 0. The van der Waals surface area contributed by atoms with Gasteiger partial charge >= 0.3 is 0 Å². The quantitative estimate of drug-likeness (QED) is 0.470. The van der Waals surface area contributed by atoms with Crippen molar-refractivity contribution < 1.29 is 4.39 Å². The summed E-state index contributed by atoms with van der Waals surface area (Å²) in [5.74, 6) is -0.225. The van der Waals surface area contributed by atoms with Crippen LogP contribution in [0.15, 0.2) is 89.5 Å². The van der Waals surface area contributed by atoms with E-state index in [0.29, 0.717) is 5.56 Å². The summed E-state index contributed by atoms with van der Waals surface area (Å²) in [5.41, 5.74) is 3.46. The molecule has 0 amide bonds. The molecule has 2 aromatic carbocycles. The molecule has 0 saturated carbocycles. The average molecular weight is 375 g/mol. The summed E-state index contributed by atoms with van der Waals surface area (Å²) in [4.78, 5) is 9.68. The van der Waals surface area contributed by atoms with E-state index >= 15 is 0 Å². The maximum atomic E-state index is 14.4. The third kappa shape index (κ3) is 4.04. The van der Waals surface area contributed by atoms with E-state index < -0.39 is 0 Å². The van der Waals surface area contributed by atoms with E-state index in [0.717, 1.165) is 29.1 Å². The number of hydrogen-bond donors (Lipinski definition) is 0. The molecule has 4 rings (SSSR count). The van der Waals surface area contributed by atoms with E-state index in [9.17, 15) is 4.39 Å². The van der Waals surface area contributed by atoms with Crippen LogP contribution in [0.2, 0.25) is 0 Å². The summed E-state index contributed by atoms with van der Waals surface area (Å²) in [5, 5.41) is 1.97. The van der Waals surface area contributed by atoms with Crippen LogP contribution in [0.25, 0.3) is 11.3 Å². The fraction of sp³-hybridized carbons (Fsp3) is 0.0909. The molecule has 0 aliphatic rings. The van der Waals surface area contributed by atoms with Crippen molar-refractivity contribution in [3.05, 3.63) is 101 Å². The molecule has 5 heteroatoms. The Morgan fingerprint density at radius 3 is 2.56 bits per heavy atom. The van der Waals surface area contributed by atoms with Crippen LogP contribution < -0.4 is 4.80 Å². The second-order valence-corrected chi connectivity index (χ2v) is 6.93. The molecule has 4 aromatic rings. The summed E-state index contributed by atoms with van der Waals surface area (Å²) in [6.07, 6.45) is 4.30. The molecular weight excluding hydrogens is 357 g/mol. The average Bonchev–Trinajstić information content (AvgIpc) is 3.10. The minimum Gasteiger partial charge on any atom is -0.316 e. The Labute approximate surface area is 161 Å². The van der Waals surface area contributed by atoms with Crippen LogP contribution in [0.3, 0.4) is 0 Å². The first-order valence-electron chi connectivity index (χ1n) is 8.73. The number of rotatable bonds is 5. The molecular formula is C22H18FN3S. The number of thiazole rings is 1. The van der Waals surface area contributed by atoms with Crippen LogP contribution >= 0.6 is 11.3 Å². The van der Waals surface area contributed by atoms with Crippen LogP contribution in [0.4, 0.5) is 10.1 Å². The van der Waals surface area contributed by atoms with E-state index in [2.05, 4.69) is 21.7 Å². The van der Waals surface area contributed by atoms with Crippen molar-refractivity contribution in [2.45, 2.75) is 13.0 Å². The number of aryl methyl sites for hydroxylation is 1. The lowest BCUT2D eigenvalue weighted by atomic mass is 10.1. The molecule has 0 N–H and O–H groups in total. The van der Waals surface area contributed by atoms with Gasteiger partial charge in [0, 0.05) is 23.7 Å². The van der Waals surface area contributed by atoms with Gasteiger partial charge in [0.05, 0.1) is 17.6 Å². The van der Waals surface area contributed by atoms with E-state index in [-0.39, 0.29) is 5.82 Å². The highest BCUT2D eigenvalue weighted by molar-refractivity contribution is 7.07. The molecule has 0 spiro atoms. The minimum atomic E-state index is -0.225. The number of benzene rings is 2. The van der Waals surface area contributed by atoms with Gasteiger partial charge in [-0.05, 0) is 36.2 Å². The van der Waals surface area contributed by atoms with Gasteiger partial charge in [0.15, 0.2) is 4.80 Å². The van der Waals surface area contributed by atoms with Crippen molar-refractivity contribution in [1.29, 1.82) is 0 Å². The Balaban J connectivity index is 1.78. The van der Waals surface area contributed by atoms with Gasteiger partial charge in [0.1, 0.15) is 5.82 Å². The smallest absolute Gasteiger partial charge is 0.190 e. The van der Waals surface area contributed by atoms with Gasteiger partial charge in [0.25, 0.3) is 0 Å². The van der Waals surface area contributed by atoms with Crippen LogP contribution in [-0.4, -0.2) is 9.55 Å². The first kappa shape index (κ1) is 17.4. The van der Waals surface area contributed by atoms with E-state index in [1.807, 2.05) is 47.8 Å². The Hall–Kier alpha value is -3.05. The molecule has 0 aliphatic carbocycles. The van der Waals surface area contributed by atoms with Gasteiger partial charge in [0.2, 0.25) is 0 Å². The first-order valence-corrected chi connectivity index (χ1v) is 9.61. The second-order valence-electron chi connectivity index (χ2n) is 6.09. The lowest BCUT2D eigenvalue weighted by molar-refractivity contribution is 0.624. The minimum absolute atomic E-state index is 0.225. The molecule has 0 bridgehead atoms. The van der Waals surface area contributed by atoms with Gasteiger partial charge in [-0.25, -0.2) is 9.38 Å². The normalized spacial score (nSPS) is 11.7. The van der Waals surface area contributed by atoms with Crippen molar-refractivity contribution in [2.24, 2.45) is 4.99 Å². The van der Waals surface area contributed by atoms with Crippen molar-refractivity contribution in [3.8, 4) is 11.3 Å². The standard InChI is InChI=1S/C22H18FN3S/c23-20-11-5-4-10-19(20)21-16-27-22(25-18-9-6-13-24-15-18)26(21)14-12-17-7-2-1-3-8-17/h1-11,13,15-16H,12,14H2. The van der Waals surface area contributed by atoms with Crippen molar-refractivity contribution in [3.63, 3.8) is 0 Å². The van der Waals surface area contributed by atoms with Gasteiger partial charge < -0.3 is 4.57 Å². The molecule has 3 nitrogen and oxygen atoms in total. The Morgan fingerprint density at radius 1 is 0.963 bits per heavy atom. The van der Waals surface area contributed by atoms with Crippen LogP contribution in [0.1, 0.15) is 5.56 Å². The number of pyridine rings is 1. The summed E-state index contributed by atoms with van der Waals surface area (Å²) < 4.78 is 16.5. The zero-order chi connectivity index (χ0) is 18.5. The largest absolute Gasteiger partial charge is 0.316 e. The van der Waals surface area contributed by atoms with E-state index in [4.69, 9.17) is 4.99 Å². The maximum Gasteiger partial charge on any atom is 0.190 e. The molecule has 134 valence electrons. The highest BCUT2D eigenvalue weighted by atomic mass is 32.1. The molecule has 0 unspecified atom stereocenters. The van der Waals surface area contributed by atoms with Crippen LogP contribution in [-0.2, 0) is 13.0 Å². The summed E-state index contributed by atoms with van der Waals surface area (Å²) >= 11 is 1.51. The van der Waals surface area contributed by atoms with Gasteiger partial charge in [-0.1, -0.05) is 42.5 Å². The highest BCUT2D eigenvalue weighted by Gasteiger charge is 2.12. The Morgan fingerprint density at radius 2 is 1.78 bits per heavy atom. The topological polar surface area (TPSA) is 30.2 Å². The van der Waals surface area contributed by atoms with Crippen molar-refractivity contribution >= 4 is 17.0 Å².